The highest BCUT2D eigenvalue weighted by Gasteiger charge is 2.20. The maximum atomic E-state index is 12.9. The van der Waals surface area contributed by atoms with Crippen LogP contribution in [0.4, 0.5) is 4.39 Å². The fourth-order valence-corrected chi connectivity index (χ4v) is 2.12. The molecule has 0 bridgehead atoms. The Morgan fingerprint density at radius 3 is 3.16 bits per heavy atom. The van der Waals surface area contributed by atoms with Crippen LogP contribution in [-0.4, -0.2) is 32.1 Å². The predicted octanol–water partition coefficient (Wildman–Crippen LogP) is 1.32. The van der Waals surface area contributed by atoms with Crippen molar-refractivity contribution in [3.63, 3.8) is 0 Å². The molecule has 2 rings (SSSR count). The second-order valence-corrected chi connectivity index (χ2v) is 4.64. The fraction of sp³-hybridized carbons (Fsp3) is 0.500. The molecule has 104 valence electrons. The van der Waals surface area contributed by atoms with Gasteiger partial charge in [0.25, 0.3) is 0 Å². The minimum Gasteiger partial charge on any atom is -0.492 e. The Balaban J connectivity index is 1.65. The summed E-state index contributed by atoms with van der Waals surface area (Å²) in [5, 5.41) is 6.04. The van der Waals surface area contributed by atoms with Crippen LogP contribution < -0.4 is 15.4 Å². The average molecular weight is 266 g/mol. The summed E-state index contributed by atoms with van der Waals surface area (Å²) in [5.41, 5.74) is 0. The lowest BCUT2D eigenvalue weighted by Crippen LogP contribution is -2.41. The van der Waals surface area contributed by atoms with Gasteiger partial charge >= 0.3 is 0 Å². The summed E-state index contributed by atoms with van der Waals surface area (Å²) in [5.74, 6) is 0.279. The lowest BCUT2D eigenvalue weighted by Gasteiger charge is -2.21. The molecule has 5 heteroatoms. The third-order valence-corrected chi connectivity index (χ3v) is 3.13. The Bertz CT molecular complexity index is 420. The van der Waals surface area contributed by atoms with Gasteiger partial charge in [-0.15, -0.1) is 0 Å². The lowest BCUT2D eigenvalue weighted by atomic mass is 9.99. The zero-order valence-electron chi connectivity index (χ0n) is 10.8. The summed E-state index contributed by atoms with van der Waals surface area (Å²) < 4.78 is 18.2. The molecule has 1 aliphatic rings. The molecular weight excluding hydrogens is 247 g/mol. The highest BCUT2D eigenvalue weighted by molar-refractivity contribution is 5.78. The van der Waals surface area contributed by atoms with E-state index in [1.54, 1.807) is 12.1 Å². The van der Waals surface area contributed by atoms with Crippen LogP contribution in [0.1, 0.15) is 12.8 Å². The minimum absolute atomic E-state index is 0.0583. The average Bonchev–Trinajstić information content (AvgIpc) is 2.44. The molecule has 1 amide bonds. The van der Waals surface area contributed by atoms with Gasteiger partial charge in [0.2, 0.25) is 5.91 Å². The summed E-state index contributed by atoms with van der Waals surface area (Å²) in [6, 6.07) is 5.98. The van der Waals surface area contributed by atoms with Gasteiger partial charge < -0.3 is 15.4 Å². The van der Waals surface area contributed by atoms with Gasteiger partial charge in [-0.25, -0.2) is 4.39 Å². The van der Waals surface area contributed by atoms with Crippen LogP contribution in [0.3, 0.4) is 0 Å². The van der Waals surface area contributed by atoms with Crippen molar-refractivity contribution in [1.29, 1.82) is 0 Å². The van der Waals surface area contributed by atoms with Gasteiger partial charge in [-0.1, -0.05) is 6.07 Å². The Labute approximate surface area is 112 Å². The summed E-state index contributed by atoms with van der Waals surface area (Å²) in [6.45, 7) is 2.52. The van der Waals surface area contributed by atoms with E-state index in [2.05, 4.69) is 10.6 Å². The van der Waals surface area contributed by atoms with Crippen LogP contribution in [0.5, 0.6) is 5.75 Å². The van der Waals surface area contributed by atoms with Crippen molar-refractivity contribution >= 4 is 5.91 Å². The molecule has 1 aromatic carbocycles. The Morgan fingerprint density at radius 2 is 2.42 bits per heavy atom. The Hall–Kier alpha value is -1.62. The van der Waals surface area contributed by atoms with Crippen molar-refractivity contribution in [2.24, 2.45) is 5.92 Å². The number of amides is 1. The van der Waals surface area contributed by atoms with E-state index in [4.69, 9.17) is 4.74 Å². The molecule has 2 N–H and O–H groups in total. The number of nitrogens with one attached hydrogen (secondary N) is 2. The van der Waals surface area contributed by atoms with Crippen LogP contribution in [-0.2, 0) is 4.79 Å². The number of piperidine rings is 1. The molecule has 1 heterocycles. The van der Waals surface area contributed by atoms with Gasteiger partial charge in [0.1, 0.15) is 18.2 Å². The third kappa shape index (κ3) is 4.52. The smallest absolute Gasteiger partial charge is 0.224 e. The molecule has 1 atom stereocenters. The normalized spacial score (nSPS) is 18.9. The molecular formula is C14H19FN2O2. The first-order chi connectivity index (χ1) is 9.25. The number of halogens is 1. The molecule has 0 aromatic heterocycles. The summed E-state index contributed by atoms with van der Waals surface area (Å²) >= 11 is 0. The maximum Gasteiger partial charge on any atom is 0.224 e. The van der Waals surface area contributed by atoms with E-state index >= 15 is 0 Å². The van der Waals surface area contributed by atoms with Crippen LogP contribution in [0.2, 0.25) is 0 Å². The highest BCUT2D eigenvalue weighted by atomic mass is 19.1. The molecule has 19 heavy (non-hydrogen) atoms. The maximum absolute atomic E-state index is 12.9. The number of rotatable bonds is 5. The first-order valence-electron chi connectivity index (χ1n) is 6.62. The Morgan fingerprint density at radius 1 is 1.53 bits per heavy atom. The second kappa shape index (κ2) is 7.09. The van der Waals surface area contributed by atoms with Crippen LogP contribution in [0, 0.1) is 11.7 Å². The largest absolute Gasteiger partial charge is 0.492 e. The standard InChI is InChI=1S/C14H19FN2O2/c15-12-4-1-5-13(9-12)19-8-7-17-14(18)11-3-2-6-16-10-11/h1,4-5,9,11,16H,2-3,6-8,10H2,(H,17,18). The van der Waals surface area contributed by atoms with E-state index < -0.39 is 0 Å². The number of hydrogen-bond acceptors (Lipinski definition) is 3. The quantitative estimate of drug-likeness (QED) is 0.790. The lowest BCUT2D eigenvalue weighted by molar-refractivity contribution is -0.125. The molecule has 0 saturated carbocycles. The number of carbonyl (C=O) groups excluding carboxylic acids is 1. The molecule has 0 spiro atoms. The van der Waals surface area contributed by atoms with Crippen molar-refractivity contribution < 1.29 is 13.9 Å². The zero-order valence-corrected chi connectivity index (χ0v) is 10.8. The van der Waals surface area contributed by atoms with Crippen LogP contribution >= 0.6 is 0 Å². The number of carbonyl (C=O) groups is 1. The number of hydrogen-bond donors (Lipinski definition) is 2. The van der Waals surface area contributed by atoms with Gasteiger partial charge in [0.15, 0.2) is 0 Å². The van der Waals surface area contributed by atoms with Crippen LogP contribution in [0.15, 0.2) is 24.3 Å². The van der Waals surface area contributed by atoms with E-state index in [0.29, 0.717) is 18.9 Å². The molecule has 4 nitrogen and oxygen atoms in total. The molecule has 1 fully saturated rings. The third-order valence-electron chi connectivity index (χ3n) is 3.13. The van der Waals surface area contributed by atoms with Gasteiger partial charge in [-0.3, -0.25) is 4.79 Å². The van der Waals surface area contributed by atoms with Crippen molar-refractivity contribution in [2.75, 3.05) is 26.2 Å². The summed E-state index contributed by atoms with van der Waals surface area (Å²) in [4.78, 5) is 11.8. The molecule has 1 saturated heterocycles. The van der Waals surface area contributed by atoms with Gasteiger partial charge in [-0.2, -0.15) is 0 Å². The summed E-state index contributed by atoms with van der Waals surface area (Å²) in [6.07, 6.45) is 1.97. The SMILES string of the molecule is O=C(NCCOc1cccc(F)c1)C1CCCNC1. The van der Waals surface area contributed by atoms with E-state index in [1.807, 2.05) is 0 Å². The van der Waals surface area contributed by atoms with E-state index in [9.17, 15) is 9.18 Å². The fourth-order valence-electron chi connectivity index (χ4n) is 2.12. The van der Waals surface area contributed by atoms with Crippen molar-refractivity contribution in [3.05, 3.63) is 30.1 Å². The Kier molecular flexibility index (Phi) is 5.15. The number of ether oxygens (including phenoxy) is 1. The van der Waals surface area contributed by atoms with Gasteiger partial charge in [0, 0.05) is 12.6 Å². The molecule has 0 radical (unpaired) electrons. The van der Waals surface area contributed by atoms with Crippen molar-refractivity contribution in [1.82, 2.24) is 10.6 Å². The van der Waals surface area contributed by atoms with Gasteiger partial charge in [0.05, 0.1) is 12.5 Å². The predicted molar refractivity (Wildman–Crippen MR) is 70.5 cm³/mol. The molecule has 1 unspecified atom stereocenters. The van der Waals surface area contributed by atoms with E-state index in [0.717, 1.165) is 25.9 Å². The van der Waals surface area contributed by atoms with Crippen molar-refractivity contribution in [3.8, 4) is 5.75 Å². The van der Waals surface area contributed by atoms with Crippen LogP contribution in [0.25, 0.3) is 0 Å². The second-order valence-electron chi connectivity index (χ2n) is 4.64. The summed E-state index contributed by atoms with van der Waals surface area (Å²) in [7, 11) is 0. The minimum atomic E-state index is -0.324. The molecule has 1 aromatic rings. The van der Waals surface area contributed by atoms with E-state index in [-0.39, 0.29) is 17.6 Å². The number of benzene rings is 1. The first-order valence-corrected chi connectivity index (χ1v) is 6.62. The monoisotopic (exact) mass is 266 g/mol. The highest BCUT2D eigenvalue weighted by Crippen LogP contribution is 2.12. The van der Waals surface area contributed by atoms with Gasteiger partial charge in [-0.05, 0) is 31.5 Å². The first kappa shape index (κ1) is 13.8. The van der Waals surface area contributed by atoms with E-state index in [1.165, 1.54) is 12.1 Å². The molecule has 0 aliphatic carbocycles. The molecule has 1 aliphatic heterocycles. The van der Waals surface area contributed by atoms with Crippen molar-refractivity contribution in [2.45, 2.75) is 12.8 Å². The topological polar surface area (TPSA) is 50.4 Å². The zero-order chi connectivity index (χ0) is 13.5.